The van der Waals surface area contributed by atoms with Crippen LogP contribution in [0.3, 0.4) is 0 Å². The number of ketones is 1. The van der Waals surface area contributed by atoms with E-state index < -0.39 is 0 Å². The number of phenols is 2. The van der Waals surface area contributed by atoms with Crippen molar-refractivity contribution in [3.63, 3.8) is 0 Å². The molecule has 0 bridgehead atoms. The predicted molar refractivity (Wildman–Crippen MR) is 118 cm³/mol. The van der Waals surface area contributed by atoms with E-state index >= 15 is 0 Å². The third-order valence-electron chi connectivity index (χ3n) is 5.24. The molecule has 0 heterocycles. The van der Waals surface area contributed by atoms with Crippen molar-refractivity contribution in [1.82, 2.24) is 0 Å². The van der Waals surface area contributed by atoms with Crippen LogP contribution in [0.2, 0.25) is 0 Å². The molecule has 148 valence electrons. The van der Waals surface area contributed by atoms with E-state index in [4.69, 9.17) is 0 Å². The van der Waals surface area contributed by atoms with Gasteiger partial charge in [0.15, 0.2) is 5.78 Å². The summed E-state index contributed by atoms with van der Waals surface area (Å²) >= 11 is 0. The van der Waals surface area contributed by atoms with E-state index in [0.717, 1.165) is 11.1 Å². The standard InChI is InChI=1S/C27H22O3/c28-25-15-7-13-21(23(25)17-19-9-3-1-4-10-19)27(30)22-14-8-16-26(29)24(22)18-20-11-5-2-6-12-20/h1-16,28-29H,17-18H2. The molecule has 4 aromatic carbocycles. The average molecular weight is 394 g/mol. The normalized spacial score (nSPS) is 10.7. The Morgan fingerprint density at radius 3 is 1.33 bits per heavy atom. The number of aromatic hydroxyl groups is 2. The minimum Gasteiger partial charge on any atom is -0.508 e. The molecule has 2 N–H and O–H groups in total. The zero-order chi connectivity index (χ0) is 20.9. The molecular weight excluding hydrogens is 372 g/mol. The summed E-state index contributed by atoms with van der Waals surface area (Å²) < 4.78 is 0. The Morgan fingerprint density at radius 2 is 0.933 bits per heavy atom. The number of phenolic OH excluding ortho intramolecular Hbond substituents is 2. The zero-order valence-electron chi connectivity index (χ0n) is 16.5. The number of hydrogen-bond acceptors (Lipinski definition) is 3. The van der Waals surface area contributed by atoms with Gasteiger partial charge in [-0.2, -0.15) is 0 Å². The lowest BCUT2D eigenvalue weighted by Gasteiger charge is -2.15. The second kappa shape index (κ2) is 8.66. The lowest BCUT2D eigenvalue weighted by Crippen LogP contribution is -2.10. The maximum Gasteiger partial charge on any atom is 0.193 e. The Hall–Kier alpha value is -3.85. The van der Waals surface area contributed by atoms with Crippen molar-refractivity contribution in [3.05, 3.63) is 130 Å². The highest BCUT2D eigenvalue weighted by molar-refractivity contribution is 6.11. The summed E-state index contributed by atoms with van der Waals surface area (Å²) in [5.74, 6) is -0.0254. The molecule has 0 aliphatic rings. The smallest absolute Gasteiger partial charge is 0.193 e. The lowest BCUT2D eigenvalue weighted by atomic mass is 9.89. The summed E-state index contributed by atoms with van der Waals surface area (Å²) in [4.78, 5) is 13.6. The monoisotopic (exact) mass is 394 g/mol. The molecule has 0 saturated carbocycles. The van der Waals surface area contributed by atoms with Gasteiger partial charge in [0.1, 0.15) is 11.5 Å². The van der Waals surface area contributed by atoms with Crippen molar-refractivity contribution in [3.8, 4) is 11.5 Å². The van der Waals surface area contributed by atoms with Crippen LogP contribution in [0.5, 0.6) is 11.5 Å². The van der Waals surface area contributed by atoms with Gasteiger partial charge in [-0.05, 0) is 23.3 Å². The summed E-state index contributed by atoms with van der Waals surface area (Å²) in [6.07, 6.45) is 0.892. The van der Waals surface area contributed by atoms with Gasteiger partial charge in [-0.25, -0.2) is 0 Å². The van der Waals surface area contributed by atoms with Gasteiger partial charge >= 0.3 is 0 Å². The van der Waals surface area contributed by atoms with E-state index in [-0.39, 0.29) is 17.3 Å². The van der Waals surface area contributed by atoms with Gasteiger partial charge in [-0.3, -0.25) is 4.79 Å². The molecule has 0 atom stereocenters. The molecule has 0 unspecified atom stereocenters. The van der Waals surface area contributed by atoms with Crippen LogP contribution in [0, 0.1) is 0 Å². The molecular formula is C27H22O3. The van der Waals surface area contributed by atoms with E-state index in [1.165, 1.54) is 0 Å². The Kier molecular flexibility index (Phi) is 5.62. The number of hydrogen-bond donors (Lipinski definition) is 2. The highest BCUT2D eigenvalue weighted by atomic mass is 16.3. The van der Waals surface area contributed by atoms with Crippen LogP contribution in [0.25, 0.3) is 0 Å². The Morgan fingerprint density at radius 1 is 0.533 bits per heavy atom. The number of benzene rings is 4. The first kappa shape index (κ1) is 19.5. The molecule has 0 radical (unpaired) electrons. The van der Waals surface area contributed by atoms with E-state index in [1.807, 2.05) is 60.7 Å². The summed E-state index contributed by atoms with van der Waals surface area (Å²) in [5, 5.41) is 21.0. The number of carbonyl (C=O) groups is 1. The first-order valence-electron chi connectivity index (χ1n) is 9.87. The van der Waals surface area contributed by atoms with E-state index in [1.54, 1.807) is 36.4 Å². The van der Waals surface area contributed by atoms with Crippen molar-refractivity contribution in [1.29, 1.82) is 0 Å². The number of rotatable bonds is 6. The molecule has 0 fully saturated rings. The molecule has 0 saturated heterocycles. The summed E-state index contributed by atoms with van der Waals surface area (Å²) in [7, 11) is 0. The van der Waals surface area contributed by atoms with Crippen molar-refractivity contribution in [2.45, 2.75) is 12.8 Å². The number of carbonyl (C=O) groups excluding carboxylic acids is 1. The quantitative estimate of drug-likeness (QED) is 0.424. The van der Waals surface area contributed by atoms with Gasteiger partial charge in [-0.15, -0.1) is 0 Å². The molecule has 4 rings (SSSR count). The van der Waals surface area contributed by atoms with Gasteiger partial charge < -0.3 is 10.2 Å². The van der Waals surface area contributed by atoms with Crippen molar-refractivity contribution < 1.29 is 15.0 Å². The van der Waals surface area contributed by atoms with Crippen molar-refractivity contribution in [2.24, 2.45) is 0 Å². The second-order valence-electron chi connectivity index (χ2n) is 7.26. The van der Waals surface area contributed by atoms with Crippen LogP contribution >= 0.6 is 0 Å². The largest absolute Gasteiger partial charge is 0.508 e. The fourth-order valence-corrected chi connectivity index (χ4v) is 3.69. The topological polar surface area (TPSA) is 57.5 Å². The van der Waals surface area contributed by atoms with Crippen LogP contribution in [0.1, 0.15) is 38.2 Å². The Balaban J connectivity index is 1.76. The van der Waals surface area contributed by atoms with Gasteiger partial charge in [0.25, 0.3) is 0 Å². The second-order valence-corrected chi connectivity index (χ2v) is 7.26. The average Bonchev–Trinajstić information content (AvgIpc) is 2.77. The SMILES string of the molecule is O=C(c1cccc(O)c1Cc1ccccc1)c1cccc(O)c1Cc1ccccc1. The van der Waals surface area contributed by atoms with Gasteiger partial charge in [0, 0.05) is 35.1 Å². The zero-order valence-corrected chi connectivity index (χ0v) is 16.5. The highest BCUT2D eigenvalue weighted by Gasteiger charge is 2.21. The van der Waals surface area contributed by atoms with E-state index in [9.17, 15) is 15.0 Å². The van der Waals surface area contributed by atoms with Crippen molar-refractivity contribution >= 4 is 5.78 Å². The third kappa shape index (κ3) is 4.11. The fraction of sp³-hybridized carbons (Fsp3) is 0.0741. The van der Waals surface area contributed by atoms with Gasteiger partial charge in [-0.1, -0.05) is 84.9 Å². The fourth-order valence-electron chi connectivity index (χ4n) is 3.69. The van der Waals surface area contributed by atoms with Crippen LogP contribution in [-0.2, 0) is 12.8 Å². The van der Waals surface area contributed by atoms with Gasteiger partial charge in [0.2, 0.25) is 0 Å². The highest BCUT2D eigenvalue weighted by Crippen LogP contribution is 2.30. The van der Waals surface area contributed by atoms with E-state index in [2.05, 4.69) is 0 Å². The summed E-state index contributed by atoms with van der Waals surface area (Å²) in [6, 6.07) is 29.5. The molecule has 0 aliphatic heterocycles. The molecule has 4 aromatic rings. The minimum absolute atomic E-state index is 0.0921. The van der Waals surface area contributed by atoms with Crippen LogP contribution < -0.4 is 0 Å². The third-order valence-corrected chi connectivity index (χ3v) is 5.24. The van der Waals surface area contributed by atoms with Crippen LogP contribution in [-0.4, -0.2) is 16.0 Å². The molecule has 3 nitrogen and oxygen atoms in total. The van der Waals surface area contributed by atoms with Gasteiger partial charge in [0.05, 0.1) is 0 Å². The first-order valence-corrected chi connectivity index (χ1v) is 9.87. The summed E-state index contributed by atoms with van der Waals surface area (Å²) in [6.45, 7) is 0. The minimum atomic E-state index is -0.210. The Labute approximate surface area is 175 Å². The molecule has 30 heavy (non-hydrogen) atoms. The van der Waals surface area contributed by atoms with E-state index in [0.29, 0.717) is 35.1 Å². The molecule has 0 amide bonds. The Bertz CT molecular complexity index is 1070. The summed E-state index contributed by atoms with van der Waals surface area (Å²) in [5.41, 5.74) is 4.07. The maximum atomic E-state index is 13.6. The maximum absolute atomic E-state index is 13.6. The predicted octanol–water partition coefficient (Wildman–Crippen LogP) is 5.51. The molecule has 0 spiro atoms. The van der Waals surface area contributed by atoms with Crippen LogP contribution in [0.15, 0.2) is 97.1 Å². The lowest BCUT2D eigenvalue weighted by molar-refractivity contribution is 0.103. The molecule has 3 heteroatoms. The first-order chi connectivity index (χ1) is 14.6. The molecule has 0 aliphatic carbocycles. The molecule has 0 aromatic heterocycles. The van der Waals surface area contributed by atoms with Crippen LogP contribution in [0.4, 0.5) is 0 Å². The van der Waals surface area contributed by atoms with Crippen molar-refractivity contribution in [2.75, 3.05) is 0 Å².